The van der Waals surface area contributed by atoms with Crippen molar-refractivity contribution in [2.45, 2.75) is 50.5 Å². The van der Waals surface area contributed by atoms with Crippen LogP contribution in [0.1, 0.15) is 43.2 Å². The zero-order valence-corrected chi connectivity index (χ0v) is 20.7. The van der Waals surface area contributed by atoms with Crippen molar-refractivity contribution in [2.75, 3.05) is 23.3 Å². The maximum Gasteiger partial charge on any atom is 0.418 e. The number of rotatable bonds is 6. The highest BCUT2D eigenvalue weighted by Crippen LogP contribution is 2.39. The molecule has 2 fully saturated rings. The lowest BCUT2D eigenvalue weighted by molar-refractivity contribution is -0.141. The minimum absolute atomic E-state index is 0.0388. The maximum absolute atomic E-state index is 13.9. The van der Waals surface area contributed by atoms with Gasteiger partial charge in [0.25, 0.3) is 5.89 Å². The van der Waals surface area contributed by atoms with Crippen molar-refractivity contribution < 1.29 is 32.0 Å². The second-order valence-corrected chi connectivity index (χ2v) is 9.88. The number of nitrogens with zero attached hydrogens (tertiary/aromatic N) is 4. The highest BCUT2D eigenvalue weighted by molar-refractivity contribution is 5.71. The first-order valence-corrected chi connectivity index (χ1v) is 12.6. The molecule has 12 heteroatoms. The number of nitrogens with one attached hydrogen (secondary N) is 1. The molecule has 1 saturated carbocycles. The van der Waals surface area contributed by atoms with Crippen molar-refractivity contribution in [3.05, 3.63) is 47.5 Å². The number of aliphatic carboxylic acids is 1. The molecule has 1 saturated heterocycles. The van der Waals surface area contributed by atoms with Crippen LogP contribution in [0.5, 0.6) is 0 Å². The summed E-state index contributed by atoms with van der Waals surface area (Å²) in [6.07, 6.45) is -3.64. The second-order valence-electron chi connectivity index (χ2n) is 9.88. The smallest absolute Gasteiger partial charge is 0.418 e. The molecule has 0 spiro atoms. The fourth-order valence-corrected chi connectivity index (χ4v) is 5.18. The van der Waals surface area contributed by atoms with Gasteiger partial charge in [-0.15, -0.1) is 0 Å². The molecular weight excluding hydrogens is 518 g/mol. The van der Waals surface area contributed by atoms with Crippen LogP contribution in [-0.4, -0.2) is 46.5 Å². The molecule has 0 radical (unpaired) electrons. The van der Waals surface area contributed by atoms with Crippen LogP contribution in [0.15, 0.2) is 40.9 Å². The number of hydrogen-bond donors (Lipinski definition) is 2. The third kappa shape index (κ3) is 5.67. The van der Waals surface area contributed by atoms with E-state index < -0.39 is 29.8 Å². The van der Waals surface area contributed by atoms with Crippen molar-refractivity contribution in [3.63, 3.8) is 0 Å². The van der Waals surface area contributed by atoms with Crippen molar-refractivity contribution in [1.82, 2.24) is 10.1 Å². The van der Waals surface area contributed by atoms with Crippen molar-refractivity contribution in [3.8, 4) is 28.9 Å². The van der Waals surface area contributed by atoms with Gasteiger partial charge in [0.05, 0.1) is 22.7 Å². The maximum atomic E-state index is 13.9. The van der Waals surface area contributed by atoms with Gasteiger partial charge in [-0.25, -0.2) is 4.39 Å². The molecule has 2 atom stereocenters. The summed E-state index contributed by atoms with van der Waals surface area (Å²) in [6, 6.07) is 10.4. The molecule has 2 aliphatic rings. The molecule has 2 aromatic carbocycles. The molecule has 204 valence electrons. The number of nitriles is 1. The molecule has 0 amide bonds. The topological polar surface area (TPSA) is 115 Å². The third-order valence-corrected chi connectivity index (χ3v) is 7.28. The van der Waals surface area contributed by atoms with Gasteiger partial charge in [-0.2, -0.15) is 23.4 Å². The summed E-state index contributed by atoms with van der Waals surface area (Å²) >= 11 is 0. The average molecular weight is 544 g/mol. The predicted octanol–water partition coefficient (Wildman–Crippen LogP) is 5.90. The van der Waals surface area contributed by atoms with Crippen LogP contribution in [0.2, 0.25) is 0 Å². The van der Waals surface area contributed by atoms with Gasteiger partial charge in [0.2, 0.25) is 5.82 Å². The van der Waals surface area contributed by atoms with Gasteiger partial charge < -0.3 is 19.8 Å². The van der Waals surface area contributed by atoms with Gasteiger partial charge in [-0.05, 0) is 68.5 Å². The Bertz CT molecular complexity index is 1410. The van der Waals surface area contributed by atoms with E-state index in [0.717, 1.165) is 6.07 Å². The van der Waals surface area contributed by atoms with Crippen molar-refractivity contribution >= 4 is 17.3 Å². The predicted molar refractivity (Wildman–Crippen MR) is 134 cm³/mol. The monoisotopic (exact) mass is 543 g/mol. The summed E-state index contributed by atoms with van der Waals surface area (Å²) in [5.41, 5.74) is 0.469. The molecule has 5 rings (SSSR count). The summed E-state index contributed by atoms with van der Waals surface area (Å²) in [7, 11) is 0. The Morgan fingerprint density at radius 3 is 2.51 bits per heavy atom. The number of benzene rings is 2. The fourth-order valence-electron chi connectivity index (χ4n) is 5.18. The van der Waals surface area contributed by atoms with E-state index in [2.05, 4.69) is 21.5 Å². The lowest BCUT2D eigenvalue weighted by Crippen LogP contribution is -2.34. The van der Waals surface area contributed by atoms with Gasteiger partial charge in [0, 0.05) is 35.9 Å². The first-order chi connectivity index (χ1) is 18.6. The van der Waals surface area contributed by atoms with Crippen LogP contribution in [-0.2, 0) is 11.0 Å². The van der Waals surface area contributed by atoms with Crippen LogP contribution in [0, 0.1) is 17.2 Å². The van der Waals surface area contributed by atoms with Crippen molar-refractivity contribution in [1.29, 1.82) is 5.26 Å². The zero-order valence-electron chi connectivity index (χ0n) is 20.7. The number of aromatic nitrogens is 2. The molecule has 8 nitrogen and oxygen atoms in total. The molecule has 2 N–H and O–H groups in total. The van der Waals surface area contributed by atoms with Gasteiger partial charge >= 0.3 is 12.1 Å². The van der Waals surface area contributed by atoms with E-state index in [-0.39, 0.29) is 35.4 Å². The summed E-state index contributed by atoms with van der Waals surface area (Å²) < 4.78 is 60.6. The molecule has 2 heterocycles. The Balaban J connectivity index is 1.38. The van der Waals surface area contributed by atoms with E-state index in [1.54, 1.807) is 18.2 Å². The molecular formula is C27H25F4N5O3. The van der Waals surface area contributed by atoms with Gasteiger partial charge in [0.15, 0.2) is 0 Å². The molecule has 39 heavy (non-hydrogen) atoms. The Labute approximate surface area is 221 Å². The highest BCUT2D eigenvalue weighted by atomic mass is 19.4. The Kier molecular flexibility index (Phi) is 7.16. The van der Waals surface area contributed by atoms with Gasteiger partial charge in [-0.3, -0.25) is 4.79 Å². The third-order valence-electron chi connectivity index (χ3n) is 7.28. The van der Waals surface area contributed by atoms with E-state index >= 15 is 0 Å². The van der Waals surface area contributed by atoms with E-state index in [1.807, 2.05) is 4.90 Å². The van der Waals surface area contributed by atoms with Crippen molar-refractivity contribution in [2.24, 2.45) is 5.92 Å². The van der Waals surface area contributed by atoms with E-state index in [1.165, 1.54) is 12.1 Å². The number of carboxylic acid groups (broad SMARTS) is 1. The number of hydrogen-bond acceptors (Lipinski definition) is 7. The molecule has 1 aromatic heterocycles. The zero-order chi connectivity index (χ0) is 27.7. The standard InChI is InChI=1S/C27H25F4N5O3/c28-19-7-9-36(10-8-19)23-6-3-16(11-18(23)14-32)25-34-24(35-39-25)15-2-5-22(21(13-15)27(29,30)31)33-20-4-1-17(12-20)26(37)38/h2-3,5-6,11,13,17,19-20,33H,1,4,7-10,12H2,(H,37,38)/t17-,20+/m0/s1. The van der Waals surface area contributed by atoms with E-state index in [9.17, 15) is 32.7 Å². The number of alkyl halides is 4. The quantitative estimate of drug-likeness (QED) is 0.370. The number of halogens is 4. The summed E-state index contributed by atoms with van der Waals surface area (Å²) in [5.74, 6) is -1.54. The van der Waals surface area contributed by atoms with Crippen LogP contribution in [0.4, 0.5) is 28.9 Å². The SMILES string of the molecule is N#Cc1cc(-c2nc(-c3ccc(N[C@@H]4CC[C@H](C(=O)O)C4)c(C(F)(F)F)c3)no2)ccc1N1CCC(F)CC1. The Morgan fingerprint density at radius 2 is 1.85 bits per heavy atom. The van der Waals surface area contributed by atoms with Gasteiger partial charge in [0.1, 0.15) is 12.2 Å². The largest absolute Gasteiger partial charge is 0.481 e. The Hall–Kier alpha value is -4.14. The number of carboxylic acids is 1. The summed E-state index contributed by atoms with van der Waals surface area (Å²) in [6.45, 7) is 0.986. The number of carbonyl (C=O) groups is 1. The summed E-state index contributed by atoms with van der Waals surface area (Å²) in [5, 5.41) is 25.6. The fraction of sp³-hybridized carbons (Fsp3) is 0.407. The normalized spacial score (nSPS) is 20.1. The van der Waals surface area contributed by atoms with E-state index in [4.69, 9.17) is 4.52 Å². The second kappa shape index (κ2) is 10.6. The minimum atomic E-state index is -4.68. The number of piperidine rings is 1. The summed E-state index contributed by atoms with van der Waals surface area (Å²) in [4.78, 5) is 17.4. The average Bonchev–Trinajstić information content (AvgIpc) is 3.59. The van der Waals surface area contributed by atoms with Crippen LogP contribution >= 0.6 is 0 Å². The van der Waals surface area contributed by atoms with Crippen LogP contribution in [0.25, 0.3) is 22.8 Å². The Morgan fingerprint density at radius 1 is 1.10 bits per heavy atom. The molecule has 0 bridgehead atoms. The lowest BCUT2D eigenvalue weighted by Gasteiger charge is -2.31. The van der Waals surface area contributed by atoms with Crippen LogP contribution < -0.4 is 10.2 Å². The molecule has 3 aromatic rings. The van der Waals surface area contributed by atoms with Crippen LogP contribution in [0.3, 0.4) is 0 Å². The first kappa shape index (κ1) is 26.5. The lowest BCUT2D eigenvalue weighted by atomic mass is 10.0. The first-order valence-electron chi connectivity index (χ1n) is 12.6. The molecule has 0 unspecified atom stereocenters. The van der Waals surface area contributed by atoms with Gasteiger partial charge in [-0.1, -0.05) is 5.16 Å². The minimum Gasteiger partial charge on any atom is -0.481 e. The number of anilines is 2. The highest BCUT2D eigenvalue weighted by Gasteiger charge is 2.36. The van der Waals surface area contributed by atoms with E-state index in [0.29, 0.717) is 55.6 Å². The molecule has 1 aliphatic carbocycles. The molecule has 1 aliphatic heterocycles.